The number of hydrogen-bond donors (Lipinski definition) is 3. The molecule has 0 aromatic carbocycles. The lowest BCUT2D eigenvalue weighted by Crippen LogP contribution is -2.36. The summed E-state index contributed by atoms with van der Waals surface area (Å²) in [5, 5.41) is 16.9. The lowest BCUT2D eigenvalue weighted by molar-refractivity contribution is 0.0196. The Morgan fingerprint density at radius 1 is 1.32 bits per heavy atom. The number of nitrogens with one attached hydrogen (secondary N) is 2. The van der Waals surface area contributed by atoms with Crippen molar-refractivity contribution in [2.45, 2.75) is 63.5 Å². The van der Waals surface area contributed by atoms with Gasteiger partial charge in [-0.3, -0.25) is 0 Å². The molecule has 2 fully saturated rings. The first kappa shape index (κ1) is 16.0. The van der Waals surface area contributed by atoms with Crippen molar-refractivity contribution in [2.24, 2.45) is 5.92 Å². The highest BCUT2D eigenvalue weighted by Crippen LogP contribution is 2.31. The molecule has 3 N–H and O–H groups in total. The van der Waals surface area contributed by atoms with Crippen LogP contribution in [0.15, 0.2) is 10.7 Å². The fourth-order valence-electron chi connectivity index (χ4n) is 3.06. The van der Waals surface area contributed by atoms with Gasteiger partial charge in [-0.25, -0.2) is 4.98 Å². The minimum atomic E-state index is -0.503. The van der Waals surface area contributed by atoms with Crippen LogP contribution >= 0.6 is 15.9 Å². The molecule has 0 amide bonds. The van der Waals surface area contributed by atoms with Crippen molar-refractivity contribution in [1.82, 2.24) is 9.97 Å². The van der Waals surface area contributed by atoms with Crippen LogP contribution in [0.5, 0.6) is 0 Å². The van der Waals surface area contributed by atoms with E-state index in [4.69, 9.17) is 0 Å². The third-order valence-corrected chi connectivity index (χ3v) is 5.50. The first-order valence-corrected chi connectivity index (χ1v) is 9.06. The van der Waals surface area contributed by atoms with Gasteiger partial charge in [-0.05, 0) is 67.3 Å². The average molecular weight is 369 g/mol. The normalized spacial score (nSPS) is 29.0. The van der Waals surface area contributed by atoms with Gasteiger partial charge in [0.1, 0.15) is 5.82 Å². The molecule has 0 saturated heterocycles. The molecule has 0 unspecified atom stereocenters. The third-order valence-electron chi connectivity index (χ3n) is 4.92. The van der Waals surface area contributed by atoms with Crippen LogP contribution in [0.25, 0.3) is 0 Å². The first-order valence-electron chi connectivity index (χ1n) is 8.27. The van der Waals surface area contributed by atoms with Crippen LogP contribution in [0.4, 0.5) is 11.8 Å². The van der Waals surface area contributed by atoms with E-state index in [9.17, 15) is 5.11 Å². The molecule has 2 aliphatic carbocycles. The quantitative estimate of drug-likeness (QED) is 0.741. The van der Waals surface area contributed by atoms with Gasteiger partial charge in [0, 0.05) is 18.8 Å². The molecule has 1 heterocycles. The zero-order chi connectivity index (χ0) is 15.6. The number of nitrogens with zero attached hydrogens (tertiary/aromatic N) is 2. The van der Waals surface area contributed by atoms with Crippen LogP contribution in [0.3, 0.4) is 0 Å². The van der Waals surface area contributed by atoms with Crippen LogP contribution in [0, 0.1) is 5.92 Å². The van der Waals surface area contributed by atoms with Crippen LogP contribution < -0.4 is 10.6 Å². The van der Waals surface area contributed by atoms with Crippen molar-refractivity contribution in [1.29, 1.82) is 0 Å². The Hall–Kier alpha value is -0.880. The summed E-state index contributed by atoms with van der Waals surface area (Å²) in [4.78, 5) is 8.93. The summed E-state index contributed by atoms with van der Waals surface area (Å²) >= 11 is 3.52. The van der Waals surface area contributed by atoms with Crippen molar-refractivity contribution in [3.8, 4) is 0 Å². The van der Waals surface area contributed by atoms with Crippen LogP contribution in [-0.4, -0.2) is 33.3 Å². The first-order chi connectivity index (χ1) is 10.5. The molecule has 5 nitrogen and oxygen atoms in total. The summed E-state index contributed by atoms with van der Waals surface area (Å²) in [5.74, 6) is 2.32. The largest absolute Gasteiger partial charge is 0.390 e. The predicted octanol–water partition coefficient (Wildman–Crippen LogP) is 3.56. The molecular formula is C16H25BrN4O. The zero-order valence-corrected chi connectivity index (χ0v) is 14.7. The number of rotatable bonds is 5. The molecular weight excluding hydrogens is 344 g/mol. The molecule has 1 aromatic heterocycles. The Morgan fingerprint density at radius 2 is 2.05 bits per heavy atom. The second kappa shape index (κ2) is 6.71. The van der Waals surface area contributed by atoms with Crippen molar-refractivity contribution in [2.75, 3.05) is 17.2 Å². The lowest BCUT2D eigenvalue weighted by Gasteiger charge is -2.33. The fraction of sp³-hybridized carbons (Fsp3) is 0.750. The van der Waals surface area contributed by atoms with Crippen molar-refractivity contribution in [3.63, 3.8) is 0 Å². The smallest absolute Gasteiger partial charge is 0.224 e. The van der Waals surface area contributed by atoms with Gasteiger partial charge in [-0.2, -0.15) is 4.98 Å². The van der Waals surface area contributed by atoms with Gasteiger partial charge in [-0.15, -0.1) is 0 Å². The molecule has 0 aliphatic heterocycles. The van der Waals surface area contributed by atoms with Gasteiger partial charge in [0.2, 0.25) is 5.95 Å². The Morgan fingerprint density at radius 3 is 2.68 bits per heavy atom. The van der Waals surface area contributed by atoms with Crippen LogP contribution in [0.1, 0.15) is 51.9 Å². The van der Waals surface area contributed by atoms with E-state index in [1.54, 1.807) is 6.20 Å². The third kappa shape index (κ3) is 4.10. The number of anilines is 2. The zero-order valence-electron chi connectivity index (χ0n) is 13.1. The second-order valence-electron chi connectivity index (χ2n) is 6.98. The minimum Gasteiger partial charge on any atom is -0.390 e. The summed E-state index contributed by atoms with van der Waals surface area (Å²) < 4.78 is 0.888. The van der Waals surface area contributed by atoms with E-state index >= 15 is 0 Å². The Bertz CT molecular complexity index is 509. The lowest BCUT2D eigenvalue weighted by atomic mass is 9.84. The molecule has 1 aromatic rings. The maximum Gasteiger partial charge on any atom is 0.224 e. The van der Waals surface area contributed by atoms with Gasteiger partial charge in [0.25, 0.3) is 0 Å². The van der Waals surface area contributed by atoms with Crippen LogP contribution in [0.2, 0.25) is 0 Å². The van der Waals surface area contributed by atoms with Gasteiger partial charge < -0.3 is 15.7 Å². The van der Waals surface area contributed by atoms with Gasteiger partial charge in [-0.1, -0.05) is 6.42 Å². The molecule has 22 heavy (non-hydrogen) atoms. The molecule has 2 aliphatic rings. The average Bonchev–Trinajstić information content (AvgIpc) is 2.43. The monoisotopic (exact) mass is 368 g/mol. The number of hydrogen-bond acceptors (Lipinski definition) is 5. The Kier molecular flexibility index (Phi) is 4.88. The second-order valence-corrected chi connectivity index (χ2v) is 7.84. The van der Waals surface area contributed by atoms with E-state index in [-0.39, 0.29) is 0 Å². The highest BCUT2D eigenvalue weighted by molar-refractivity contribution is 9.10. The highest BCUT2D eigenvalue weighted by Gasteiger charge is 2.29. The van der Waals surface area contributed by atoms with Crippen molar-refractivity contribution >= 4 is 27.7 Å². The maximum absolute atomic E-state index is 10.0. The summed E-state index contributed by atoms with van der Waals surface area (Å²) in [6, 6.07) is 0.367. The van der Waals surface area contributed by atoms with E-state index in [0.717, 1.165) is 48.4 Å². The molecule has 0 radical (unpaired) electrons. The molecule has 6 heteroatoms. The molecule has 0 atom stereocenters. The summed E-state index contributed by atoms with van der Waals surface area (Å²) in [5.41, 5.74) is -0.503. The molecule has 2 saturated carbocycles. The topological polar surface area (TPSA) is 70.1 Å². The number of aromatic nitrogens is 2. The van der Waals surface area contributed by atoms with Crippen LogP contribution in [-0.2, 0) is 0 Å². The fourth-order valence-corrected chi connectivity index (χ4v) is 3.37. The molecule has 122 valence electrons. The van der Waals surface area contributed by atoms with E-state index in [0.29, 0.717) is 12.0 Å². The SMILES string of the molecule is C[C@]1(O)CC[C@H](Nc2nc(NCC3CCC3)ncc2Br)CC1. The van der Waals surface area contributed by atoms with E-state index < -0.39 is 5.60 Å². The summed E-state index contributed by atoms with van der Waals surface area (Å²) in [6.07, 6.45) is 9.39. The Labute approximate surface area is 140 Å². The van der Waals surface area contributed by atoms with E-state index in [2.05, 4.69) is 36.5 Å². The summed E-state index contributed by atoms with van der Waals surface area (Å²) in [6.45, 7) is 2.89. The van der Waals surface area contributed by atoms with E-state index in [1.807, 2.05) is 6.92 Å². The number of halogens is 1. The standard InChI is InChI=1S/C16H25BrN4O/c1-16(22)7-5-12(6-8-16)20-14-13(17)10-19-15(21-14)18-9-11-3-2-4-11/h10-12,22H,2-9H2,1H3,(H2,18,19,20,21)/t12-,16-. The highest BCUT2D eigenvalue weighted by atomic mass is 79.9. The molecule has 0 spiro atoms. The maximum atomic E-state index is 10.0. The van der Waals surface area contributed by atoms with Crippen molar-refractivity contribution < 1.29 is 5.11 Å². The molecule has 0 bridgehead atoms. The van der Waals surface area contributed by atoms with Gasteiger partial charge >= 0.3 is 0 Å². The van der Waals surface area contributed by atoms with Gasteiger partial charge in [0.05, 0.1) is 10.1 Å². The molecule has 3 rings (SSSR count). The number of aliphatic hydroxyl groups is 1. The summed E-state index contributed by atoms with van der Waals surface area (Å²) in [7, 11) is 0. The van der Waals surface area contributed by atoms with Gasteiger partial charge in [0.15, 0.2) is 0 Å². The van der Waals surface area contributed by atoms with Crippen molar-refractivity contribution in [3.05, 3.63) is 10.7 Å². The Balaban J connectivity index is 1.57. The van der Waals surface area contributed by atoms with E-state index in [1.165, 1.54) is 19.3 Å². The minimum absolute atomic E-state index is 0.367. The predicted molar refractivity (Wildman–Crippen MR) is 92.1 cm³/mol.